The zero-order valence-electron chi connectivity index (χ0n) is 15.8. The van der Waals surface area contributed by atoms with E-state index in [1.54, 1.807) is 36.3 Å². The van der Waals surface area contributed by atoms with E-state index in [2.05, 4.69) is 5.32 Å². The topological polar surface area (TPSA) is 67.9 Å². The Morgan fingerprint density at radius 1 is 1.07 bits per heavy atom. The normalized spacial score (nSPS) is 16.5. The average molecular weight is 368 g/mol. The van der Waals surface area contributed by atoms with E-state index in [-0.39, 0.29) is 30.3 Å². The number of carbonyl (C=O) groups is 2. The van der Waals surface area contributed by atoms with Gasteiger partial charge in [0.25, 0.3) is 0 Å². The van der Waals surface area contributed by atoms with Crippen LogP contribution in [0.4, 0.5) is 11.4 Å². The maximum absolute atomic E-state index is 12.5. The van der Waals surface area contributed by atoms with E-state index in [4.69, 9.17) is 9.47 Å². The van der Waals surface area contributed by atoms with E-state index in [1.807, 2.05) is 38.1 Å². The fourth-order valence-corrected chi connectivity index (χ4v) is 3.03. The average Bonchev–Trinajstić information content (AvgIpc) is 3.04. The van der Waals surface area contributed by atoms with Crippen molar-refractivity contribution in [3.63, 3.8) is 0 Å². The lowest BCUT2D eigenvalue weighted by Gasteiger charge is -2.18. The molecule has 1 aliphatic rings. The highest BCUT2D eigenvalue weighted by molar-refractivity contribution is 6.03. The molecule has 6 heteroatoms. The number of hydrogen-bond acceptors (Lipinski definition) is 4. The van der Waals surface area contributed by atoms with Crippen LogP contribution >= 0.6 is 0 Å². The summed E-state index contributed by atoms with van der Waals surface area (Å²) in [5, 5.41) is 2.87. The van der Waals surface area contributed by atoms with E-state index in [0.29, 0.717) is 12.2 Å². The Labute approximate surface area is 159 Å². The molecule has 6 nitrogen and oxygen atoms in total. The third-order valence-corrected chi connectivity index (χ3v) is 4.37. The van der Waals surface area contributed by atoms with Gasteiger partial charge in [0.15, 0.2) is 0 Å². The van der Waals surface area contributed by atoms with E-state index in [9.17, 15) is 9.59 Å². The monoisotopic (exact) mass is 368 g/mol. The van der Waals surface area contributed by atoms with Gasteiger partial charge in [-0.1, -0.05) is 0 Å². The van der Waals surface area contributed by atoms with Gasteiger partial charge in [-0.2, -0.15) is 0 Å². The first kappa shape index (κ1) is 18.8. The number of carbonyl (C=O) groups excluding carboxylic acids is 2. The van der Waals surface area contributed by atoms with Crippen LogP contribution in [0, 0.1) is 5.92 Å². The van der Waals surface area contributed by atoms with Gasteiger partial charge in [-0.25, -0.2) is 0 Å². The molecule has 1 aliphatic heterocycles. The van der Waals surface area contributed by atoms with Crippen LogP contribution in [-0.2, 0) is 9.59 Å². The molecule has 0 spiro atoms. The third-order valence-electron chi connectivity index (χ3n) is 4.37. The second-order valence-corrected chi connectivity index (χ2v) is 6.78. The Hall–Kier alpha value is -3.02. The fourth-order valence-electron chi connectivity index (χ4n) is 3.03. The van der Waals surface area contributed by atoms with Crippen LogP contribution in [0.3, 0.4) is 0 Å². The molecule has 1 atom stereocenters. The molecule has 3 rings (SSSR count). The van der Waals surface area contributed by atoms with E-state index < -0.39 is 0 Å². The number of nitrogens with one attached hydrogen (secondary N) is 1. The minimum atomic E-state index is -0.383. The lowest BCUT2D eigenvalue weighted by atomic mass is 10.1. The van der Waals surface area contributed by atoms with Crippen LogP contribution in [0.1, 0.15) is 20.3 Å². The lowest BCUT2D eigenvalue weighted by molar-refractivity contribution is -0.122. The summed E-state index contributed by atoms with van der Waals surface area (Å²) in [5.74, 6) is 0.888. The van der Waals surface area contributed by atoms with Gasteiger partial charge in [0.1, 0.15) is 11.5 Å². The maximum atomic E-state index is 12.5. The van der Waals surface area contributed by atoms with Crippen LogP contribution in [-0.4, -0.2) is 31.6 Å². The first-order chi connectivity index (χ1) is 13.0. The molecule has 1 saturated heterocycles. The summed E-state index contributed by atoms with van der Waals surface area (Å²) in [6.45, 7) is 4.29. The van der Waals surface area contributed by atoms with Gasteiger partial charge in [-0.05, 0) is 62.4 Å². The number of benzene rings is 2. The molecule has 1 heterocycles. The maximum Gasteiger partial charge on any atom is 0.229 e. The highest BCUT2D eigenvalue weighted by Crippen LogP contribution is 2.28. The number of methoxy groups -OCH3 is 1. The van der Waals surface area contributed by atoms with Gasteiger partial charge in [0.05, 0.1) is 19.1 Å². The molecule has 0 bridgehead atoms. The van der Waals surface area contributed by atoms with Gasteiger partial charge in [-0.15, -0.1) is 0 Å². The van der Waals surface area contributed by atoms with Gasteiger partial charge < -0.3 is 19.7 Å². The smallest absolute Gasteiger partial charge is 0.229 e. The number of hydrogen-bond donors (Lipinski definition) is 1. The Bertz CT molecular complexity index is 800. The van der Waals surface area contributed by atoms with Crippen molar-refractivity contribution in [3.8, 4) is 11.5 Å². The lowest BCUT2D eigenvalue weighted by Crippen LogP contribution is -2.28. The summed E-state index contributed by atoms with van der Waals surface area (Å²) >= 11 is 0. The van der Waals surface area contributed by atoms with Crippen molar-refractivity contribution in [1.29, 1.82) is 0 Å². The predicted octanol–water partition coefficient (Wildman–Crippen LogP) is 3.47. The molecule has 0 radical (unpaired) electrons. The summed E-state index contributed by atoms with van der Waals surface area (Å²) < 4.78 is 10.7. The zero-order valence-corrected chi connectivity index (χ0v) is 15.8. The molecular formula is C21H24N2O4. The molecule has 2 amide bonds. The number of nitrogens with zero attached hydrogens (tertiary/aromatic N) is 1. The molecule has 2 aromatic rings. The van der Waals surface area contributed by atoms with Crippen LogP contribution < -0.4 is 19.7 Å². The van der Waals surface area contributed by atoms with Crippen molar-refractivity contribution in [2.24, 2.45) is 5.92 Å². The van der Waals surface area contributed by atoms with Crippen LogP contribution in [0.25, 0.3) is 0 Å². The first-order valence-electron chi connectivity index (χ1n) is 8.98. The minimum Gasteiger partial charge on any atom is -0.497 e. The third kappa shape index (κ3) is 4.58. The highest BCUT2D eigenvalue weighted by Gasteiger charge is 2.35. The second-order valence-electron chi connectivity index (χ2n) is 6.78. The van der Waals surface area contributed by atoms with Crippen molar-refractivity contribution < 1.29 is 19.1 Å². The van der Waals surface area contributed by atoms with Crippen LogP contribution in [0.15, 0.2) is 48.5 Å². The van der Waals surface area contributed by atoms with Gasteiger partial charge in [0.2, 0.25) is 11.8 Å². The minimum absolute atomic E-state index is 0.0533. The summed E-state index contributed by atoms with van der Waals surface area (Å²) in [5.41, 5.74) is 1.46. The Morgan fingerprint density at radius 2 is 1.70 bits per heavy atom. The second kappa shape index (κ2) is 8.12. The number of anilines is 2. The molecule has 0 saturated carbocycles. The van der Waals surface area contributed by atoms with Crippen molar-refractivity contribution in [2.45, 2.75) is 26.4 Å². The van der Waals surface area contributed by atoms with Gasteiger partial charge in [-0.3, -0.25) is 9.59 Å². The molecule has 1 unspecified atom stereocenters. The summed E-state index contributed by atoms with van der Waals surface area (Å²) in [4.78, 5) is 26.6. The summed E-state index contributed by atoms with van der Waals surface area (Å²) in [6, 6.07) is 14.5. The zero-order chi connectivity index (χ0) is 19.4. The summed E-state index contributed by atoms with van der Waals surface area (Å²) in [6.07, 6.45) is 0.293. The van der Waals surface area contributed by atoms with Crippen molar-refractivity contribution in [3.05, 3.63) is 48.5 Å². The van der Waals surface area contributed by atoms with Crippen molar-refractivity contribution in [1.82, 2.24) is 0 Å². The van der Waals surface area contributed by atoms with E-state index >= 15 is 0 Å². The standard InChI is InChI=1S/C21H24N2O4/c1-14(2)27-19-10-6-17(7-11-19)23-13-15(12-20(23)24)21(25)22-16-4-8-18(26-3)9-5-16/h4-11,14-15H,12-13H2,1-3H3,(H,22,25). The molecule has 1 fully saturated rings. The predicted molar refractivity (Wildman–Crippen MR) is 104 cm³/mol. The number of rotatable bonds is 6. The molecule has 1 N–H and O–H groups in total. The Balaban J connectivity index is 1.62. The first-order valence-corrected chi connectivity index (χ1v) is 8.98. The van der Waals surface area contributed by atoms with Crippen LogP contribution in [0.2, 0.25) is 0 Å². The van der Waals surface area contributed by atoms with Crippen LogP contribution in [0.5, 0.6) is 11.5 Å². The van der Waals surface area contributed by atoms with Gasteiger partial charge >= 0.3 is 0 Å². The van der Waals surface area contributed by atoms with Crippen molar-refractivity contribution >= 4 is 23.2 Å². The molecule has 0 aromatic heterocycles. The highest BCUT2D eigenvalue weighted by atomic mass is 16.5. The molecular weight excluding hydrogens is 344 g/mol. The fraction of sp³-hybridized carbons (Fsp3) is 0.333. The molecule has 2 aromatic carbocycles. The Kier molecular flexibility index (Phi) is 5.64. The Morgan fingerprint density at radius 3 is 2.30 bits per heavy atom. The number of amides is 2. The SMILES string of the molecule is COc1ccc(NC(=O)C2CC(=O)N(c3ccc(OC(C)C)cc3)C2)cc1. The number of ether oxygens (including phenoxy) is 2. The summed E-state index contributed by atoms with van der Waals surface area (Å²) in [7, 11) is 1.59. The molecule has 0 aliphatic carbocycles. The van der Waals surface area contributed by atoms with Crippen molar-refractivity contribution in [2.75, 3.05) is 23.9 Å². The van der Waals surface area contributed by atoms with E-state index in [1.165, 1.54) is 0 Å². The van der Waals surface area contributed by atoms with E-state index in [0.717, 1.165) is 17.2 Å². The molecule has 142 valence electrons. The quantitative estimate of drug-likeness (QED) is 0.848. The molecule has 27 heavy (non-hydrogen) atoms. The largest absolute Gasteiger partial charge is 0.497 e. The van der Waals surface area contributed by atoms with Gasteiger partial charge in [0, 0.05) is 24.3 Å².